The van der Waals surface area contributed by atoms with Gasteiger partial charge in [-0.2, -0.15) is 0 Å². The second kappa shape index (κ2) is 6.42. The van der Waals surface area contributed by atoms with Gasteiger partial charge in [0.25, 0.3) is 5.91 Å². The van der Waals surface area contributed by atoms with Crippen LogP contribution in [0.3, 0.4) is 0 Å². The number of benzene rings is 1. The van der Waals surface area contributed by atoms with Crippen molar-refractivity contribution in [2.45, 2.75) is 44.6 Å². The molecule has 0 aromatic heterocycles. The Morgan fingerprint density at radius 2 is 2.04 bits per heavy atom. The van der Waals surface area contributed by atoms with E-state index < -0.39 is 0 Å². The minimum Gasteiger partial charge on any atom is -0.381 e. The van der Waals surface area contributed by atoms with Gasteiger partial charge in [0, 0.05) is 24.8 Å². The molecule has 1 amide bonds. The summed E-state index contributed by atoms with van der Waals surface area (Å²) in [5.41, 5.74) is 1.95. The second-order valence-electron chi connectivity index (χ2n) is 9.18. The van der Waals surface area contributed by atoms with Crippen molar-refractivity contribution in [3.05, 3.63) is 28.8 Å². The average Bonchev–Trinajstić information content (AvgIpc) is 3.27. The van der Waals surface area contributed by atoms with Crippen LogP contribution in [0.2, 0.25) is 5.02 Å². The third kappa shape index (κ3) is 3.01. The Kier molecular flexibility index (Phi) is 4.17. The van der Waals surface area contributed by atoms with Gasteiger partial charge >= 0.3 is 0 Å². The number of carbonyl (C=O) groups excluding carboxylic acids is 1. The molecule has 1 heterocycles. The maximum Gasteiger partial charge on any atom is 0.252 e. The van der Waals surface area contributed by atoms with Gasteiger partial charge in [0.05, 0.1) is 10.6 Å². The van der Waals surface area contributed by atoms with Gasteiger partial charge in [-0.15, -0.1) is 0 Å². The van der Waals surface area contributed by atoms with E-state index in [-0.39, 0.29) is 5.91 Å². The summed E-state index contributed by atoms with van der Waals surface area (Å²) in [6, 6.07) is 6.15. The molecule has 0 radical (unpaired) electrons. The van der Waals surface area contributed by atoms with Crippen molar-refractivity contribution in [1.82, 2.24) is 10.6 Å². The lowest BCUT2D eigenvalue weighted by Crippen LogP contribution is -2.40. The summed E-state index contributed by atoms with van der Waals surface area (Å²) in [4.78, 5) is 12.7. The topological polar surface area (TPSA) is 53.2 Å². The molecule has 140 valence electrons. The van der Waals surface area contributed by atoms with Crippen LogP contribution in [0.1, 0.15) is 48.9 Å². The lowest BCUT2D eigenvalue weighted by atomic mass is 9.69. The van der Waals surface area contributed by atoms with Crippen LogP contribution in [-0.2, 0) is 0 Å². The summed E-state index contributed by atoms with van der Waals surface area (Å²) in [7, 11) is 0. The number of nitrogens with one attached hydrogen (secondary N) is 3. The van der Waals surface area contributed by atoms with E-state index in [1.54, 1.807) is 0 Å². The molecule has 3 atom stereocenters. The average molecular weight is 374 g/mol. The Labute approximate surface area is 160 Å². The van der Waals surface area contributed by atoms with E-state index in [2.05, 4.69) is 16.0 Å². The van der Waals surface area contributed by atoms with Crippen LogP contribution in [0.5, 0.6) is 0 Å². The lowest BCUT2D eigenvalue weighted by Gasteiger charge is -2.38. The zero-order valence-corrected chi connectivity index (χ0v) is 15.9. The van der Waals surface area contributed by atoms with Crippen molar-refractivity contribution in [1.29, 1.82) is 0 Å². The summed E-state index contributed by atoms with van der Waals surface area (Å²) in [5.74, 6) is 2.76. The predicted octanol–water partition coefficient (Wildman–Crippen LogP) is 3.67. The molecule has 3 unspecified atom stereocenters. The maximum atomic E-state index is 12.7. The number of hydrogen-bond acceptors (Lipinski definition) is 3. The molecule has 4 aliphatic carbocycles. The highest BCUT2D eigenvalue weighted by Gasteiger charge is 2.55. The summed E-state index contributed by atoms with van der Waals surface area (Å²) in [6.45, 7) is 2.85. The third-order valence-electron chi connectivity index (χ3n) is 7.32. The molecule has 5 aliphatic rings. The van der Waals surface area contributed by atoms with Crippen LogP contribution in [0, 0.1) is 23.2 Å². The molecular weight excluding hydrogens is 346 g/mol. The van der Waals surface area contributed by atoms with Crippen molar-refractivity contribution in [2.75, 3.05) is 25.0 Å². The Bertz CT molecular complexity index is 696. The van der Waals surface area contributed by atoms with E-state index in [0.717, 1.165) is 49.5 Å². The van der Waals surface area contributed by atoms with E-state index >= 15 is 0 Å². The number of halogens is 1. The highest BCUT2D eigenvalue weighted by molar-refractivity contribution is 6.34. The maximum absolute atomic E-state index is 12.7. The van der Waals surface area contributed by atoms with Gasteiger partial charge in [0.2, 0.25) is 0 Å². The molecule has 4 saturated carbocycles. The standard InChI is InChI=1S/C21H28ClN3O/c22-19-7-16(25-17-3-4-23-11-17)1-2-18(19)20(26)24-12-21-8-13-5-14(9-21)15(6-13)10-21/h1-2,7,13-15,17,23,25H,3-6,8-12H2,(H,24,26). The zero-order chi connectivity index (χ0) is 17.7. The Morgan fingerprint density at radius 3 is 2.69 bits per heavy atom. The van der Waals surface area contributed by atoms with Gasteiger partial charge in [-0.05, 0) is 86.4 Å². The largest absolute Gasteiger partial charge is 0.381 e. The summed E-state index contributed by atoms with van der Waals surface area (Å²) < 4.78 is 0. The quantitative estimate of drug-likeness (QED) is 0.738. The SMILES string of the molecule is O=C(NCC12CC3CC(C1)C(C3)C2)c1ccc(NC2CCNC2)cc1Cl. The molecule has 1 saturated heterocycles. The van der Waals surface area contributed by atoms with Crippen molar-refractivity contribution in [3.8, 4) is 0 Å². The highest BCUT2D eigenvalue weighted by Crippen LogP contribution is 2.63. The highest BCUT2D eigenvalue weighted by atomic mass is 35.5. The first-order chi connectivity index (χ1) is 12.6. The molecule has 3 N–H and O–H groups in total. The molecular formula is C21H28ClN3O. The number of anilines is 1. The van der Waals surface area contributed by atoms with Crippen LogP contribution in [0.25, 0.3) is 0 Å². The first kappa shape index (κ1) is 16.9. The van der Waals surface area contributed by atoms with Crippen LogP contribution < -0.4 is 16.0 Å². The first-order valence-corrected chi connectivity index (χ1v) is 10.5. The van der Waals surface area contributed by atoms with Crippen LogP contribution >= 0.6 is 11.6 Å². The van der Waals surface area contributed by atoms with E-state index in [4.69, 9.17) is 11.6 Å². The minimum atomic E-state index is -0.0267. The fourth-order valence-electron chi connectivity index (χ4n) is 6.36. The number of rotatable bonds is 5. The molecule has 6 rings (SSSR count). The Morgan fingerprint density at radius 1 is 1.23 bits per heavy atom. The molecule has 1 aromatic rings. The first-order valence-electron chi connectivity index (χ1n) is 10.2. The third-order valence-corrected chi connectivity index (χ3v) is 7.63. The van der Waals surface area contributed by atoms with E-state index in [9.17, 15) is 4.79 Å². The predicted molar refractivity (Wildman–Crippen MR) is 105 cm³/mol. The van der Waals surface area contributed by atoms with E-state index in [1.165, 1.54) is 32.1 Å². The van der Waals surface area contributed by atoms with E-state index in [0.29, 0.717) is 22.0 Å². The monoisotopic (exact) mass is 373 g/mol. The number of hydrogen-bond donors (Lipinski definition) is 3. The molecule has 0 spiro atoms. The van der Waals surface area contributed by atoms with Crippen LogP contribution in [-0.4, -0.2) is 31.6 Å². The summed E-state index contributed by atoms with van der Waals surface area (Å²) in [5, 5.41) is 10.6. The van der Waals surface area contributed by atoms with Crippen molar-refractivity contribution in [2.24, 2.45) is 23.2 Å². The minimum absolute atomic E-state index is 0.0267. The number of amides is 1. The number of carbonyl (C=O) groups is 1. The zero-order valence-electron chi connectivity index (χ0n) is 15.2. The molecule has 4 bridgehead atoms. The van der Waals surface area contributed by atoms with Crippen LogP contribution in [0.4, 0.5) is 5.69 Å². The van der Waals surface area contributed by atoms with E-state index in [1.807, 2.05) is 18.2 Å². The van der Waals surface area contributed by atoms with Gasteiger partial charge in [0.15, 0.2) is 0 Å². The summed E-state index contributed by atoms with van der Waals surface area (Å²) >= 11 is 6.42. The Balaban J connectivity index is 1.21. The van der Waals surface area contributed by atoms with Crippen molar-refractivity contribution < 1.29 is 4.79 Å². The summed E-state index contributed by atoms with van der Waals surface area (Å²) in [6.07, 6.45) is 7.95. The molecule has 5 fully saturated rings. The van der Waals surface area contributed by atoms with Gasteiger partial charge in [0.1, 0.15) is 0 Å². The molecule has 1 aliphatic heterocycles. The Hall–Kier alpha value is -1.26. The van der Waals surface area contributed by atoms with Gasteiger partial charge in [-0.3, -0.25) is 4.79 Å². The van der Waals surface area contributed by atoms with Gasteiger partial charge in [-0.1, -0.05) is 11.6 Å². The normalized spacial score (nSPS) is 37.3. The van der Waals surface area contributed by atoms with Gasteiger partial charge < -0.3 is 16.0 Å². The smallest absolute Gasteiger partial charge is 0.252 e. The van der Waals surface area contributed by atoms with Crippen molar-refractivity contribution in [3.63, 3.8) is 0 Å². The lowest BCUT2D eigenvalue weighted by molar-refractivity contribution is 0.0884. The molecule has 26 heavy (non-hydrogen) atoms. The fraction of sp³-hybridized carbons (Fsp3) is 0.667. The molecule has 4 nitrogen and oxygen atoms in total. The van der Waals surface area contributed by atoms with Crippen molar-refractivity contribution >= 4 is 23.2 Å². The fourth-order valence-corrected chi connectivity index (χ4v) is 6.63. The molecule has 1 aromatic carbocycles. The molecule has 5 heteroatoms. The van der Waals surface area contributed by atoms with Crippen LogP contribution in [0.15, 0.2) is 18.2 Å². The second-order valence-corrected chi connectivity index (χ2v) is 9.59. The van der Waals surface area contributed by atoms with Gasteiger partial charge in [-0.25, -0.2) is 0 Å².